The Morgan fingerprint density at radius 2 is 1.59 bits per heavy atom. The first-order valence-electron chi connectivity index (χ1n) is 8.98. The summed E-state index contributed by atoms with van der Waals surface area (Å²) in [6.45, 7) is 4.27. The van der Waals surface area contributed by atoms with E-state index in [-0.39, 0.29) is 21.9 Å². The Kier molecular flexibility index (Phi) is 4.79. The predicted octanol–water partition coefficient (Wildman–Crippen LogP) is 3.70. The first-order valence-corrected chi connectivity index (χ1v) is 10.5. The van der Waals surface area contributed by atoms with Gasteiger partial charge in [-0.3, -0.25) is 9.52 Å². The number of carbonyl (C=O) groups excluding carboxylic acids is 1. The third-order valence-electron chi connectivity index (χ3n) is 4.47. The third-order valence-corrected chi connectivity index (χ3v) is 5.85. The van der Waals surface area contributed by atoms with Gasteiger partial charge in [-0.1, -0.05) is 17.7 Å². The highest BCUT2D eigenvalue weighted by molar-refractivity contribution is 7.92. The van der Waals surface area contributed by atoms with Gasteiger partial charge in [0.2, 0.25) is 5.78 Å². The standard InChI is InChI=1S/C21H19NO6S/c1-13-3-6-15(7-4-13)29(24,25)22-17-12-20-19(26-9-10-27-20)11-16(17)21(23)18-8-5-14(2)28-18/h3-8,11-12,22H,9-10H2,1-2H3. The fraction of sp³-hybridized carbons (Fsp3) is 0.190. The van der Waals surface area contributed by atoms with E-state index in [1.165, 1.54) is 24.3 Å². The number of hydrogen-bond donors (Lipinski definition) is 1. The normalized spacial score (nSPS) is 13.2. The smallest absolute Gasteiger partial charge is 0.261 e. The molecule has 0 spiro atoms. The zero-order chi connectivity index (χ0) is 20.6. The van der Waals surface area contributed by atoms with Crippen LogP contribution in [0.3, 0.4) is 0 Å². The summed E-state index contributed by atoms with van der Waals surface area (Å²) in [5.74, 6) is 0.963. The fourth-order valence-electron chi connectivity index (χ4n) is 2.97. The summed E-state index contributed by atoms with van der Waals surface area (Å²) in [7, 11) is -3.92. The van der Waals surface area contributed by atoms with Gasteiger partial charge in [-0.25, -0.2) is 8.42 Å². The molecule has 1 aliphatic rings. The molecule has 2 heterocycles. The van der Waals surface area contributed by atoms with Crippen molar-refractivity contribution in [1.29, 1.82) is 0 Å². The third kappa shape index (κ3) is 3.84. The molecule has 0 bridgehead atoms. The van der Waals surface area contributed by atoms with Gasteiger partial charge in [0.25, 0.3) is 10.0 Å². The molecule has 1 aromatic heterocycles. The van der Waals surface area contributed by atoms with Crippen molar-refractivity contribution in [3.63, 3.8) is 0 Å². The van der Waals surface area contributed by atoms with E-state index in [0.717, 1.165) is 5.56 Å². The number of ether oxygens (including phenoxy) is 2. The van der Waals surface area contributed by atoms with E-state index in [1.54, 1.807) is 31.2 Å². The summed E-state index contributed by atoms with van der Waals surface area (Å²) in [6, 6.07) is 12.6. The van der Waals surface area contributed by atoms with E-state index < -0.39 is 15.8 Å². The quantitative estimate of drug-likeness (QED) is 0.641. The molecule has 29 heavy (non-hydrogen) atoms. The summed E-state index contributed by atoms with van der Waals surface area (Å²) >= 11 is 0. The summed E-state index contributed by atoms with van der Waals surface area (Å²) in [4.78, 5) is 13.1. The molecule has 150 valence electrons. The Balaban J connectivity index is 1.78. The number of rotatable bonds is 5. The number of ketones is 1. The van der Waals surface area contributed by atoms with Crippen LogP contribution >= 0.6 is 0 Å². The van der Waals surface area contributed by atoms with Crippen LogP contribution in [-0.4, -0.2) is 27.4 Å². The van der Waals surface area contributed by atoms with Crippen molar-refractivity contribution in [2.24, 2.45) is 0 Å². The lowest BCUT2D eigenvalue weighted by atomic mass is 10.1. The number of hydrogen-bond acceptors (Lipinski definition) is 6. The van der Waals surface area contributed by atoms with Crippen LogP contribution in [-0.2, 0) is 10.0 Å². The molecule has 1 aliphatic heterocycles. The number of nitrogens with one attached hydrogen (secondary N) is 1. The van der Waals surface area contributed by atoms with Gasteiger partial charge in [-0.2, -0.15) is 0 Å². The molecule has 1 N–H and O–H groups in total. The first kappa shape index (κ1) is 19.1. The minimum atomic E-state index is -3.92. The maximum absolute atomic E-state index is 13.0. The predicted molar refractivity (Wildman–Crippen MR) is 106 cm³/mol. The maximum Gasteiger partial charge on any atom is 0.261 e. The van der Waals surface area contributed by atoms with Crippen LogP contribution in [0, 0.1) is 13.8 Å². The Hall–Kier alpha value is -3.26. The highest BCUT2D eigenvalue weighted by atomic mass is 32.2. The number of sulfonamides is 1. The highest BCUT2D eigenvalue weighted by Gasteiger charge is 2.25. The molecule has 2 aromatic carbocycles. The molecular weight excluding hydrogens is 394 g/mol. The zero-order valence-electron chi connectivity index (χ0n) is 15.9. The van der Waals surface area contributed by atoms with Gasteiger partial charge in [-0.15, -0.1) is 0 Å². The maximum atomic E-state index is 13.0. The van der Waals surface area contributed by atoms with Crippen molar-refractivity contribution in [2.75, 3.05) is 17.9 Å². The SMILES string of the molecule is Cc1ccc(S(=O)(=O)Nc2cc3c(cc2C(=O)c2ccc(C)o2)OCCO3)cc1. The van der Waals surface area contributed by atoms with Gasteiger partial charge in [-0.05, 0) is 44.2 Å². The number of anilines is 1. The molecule has 0 saturated heterocycles. The lowest BCUT2D eigenvalue weighted by Gasteiger charge is -2.21. The number of aryl methyl sites for hydroxylation is 2. The van der Waals surface area contributed by atoms with E-state index >= 15 is 0 Å². The average Bonchev–Trinajstić information content (AvgIpc) is 3.13. The minimum Gasteiger partial charge on any atom is -0.486 e. The first-order chi connectivity index (χ1) is 13.8. The Bertz CT molecular complexity index is 1180. The van der Waals surface area contributed by atoms with Gasteiger partial charge in [0.1, 0.15) is 19.0 Å². The van der Waals surface area contributed by atoms with E-state index in [4.69, 9.17) is 13.9 Å². The number of benzene rings is 2. The van der Waals surface area contributed by atoms with Crippen molar-refractivity contribution in [2.45, 2.75) is 18.7 Å². The van der Waals surface area contributed by atoms with Crippen LogP contribution in [0.25, 0.3) is 0 Å². The second-order valence-corrected chi connectivity index (χ2v) is 8.38. The van der Waals surface area contributed by atoms with Crippen LogP contribution in [0.15, 0.2) is 57.8 Å². The molecule has 0 saturated carbocycles. The molecule has 8 heteroatoms. The van der Waals surface area contributed by atoms with E-state index in [0.29, 0.717) is 30.5 Å². The van der Waals surface area contributed by atoms with E-state index in [2.05, 4.69) is 4.72 Å². The minimum absolute atomic E-state index is 0.0882. The molecule has 4 rings (SSSR count). The van der Waals surface area contributed by atoms with Crippen LogP contribution in [0.4, 0.5) is 5.69 Å². The van der Waals surface area contributed by atoms with Crippen LogP contribution in [0.1, 0.15) is 27.4 Å². The molecule has 0 unspecified atom stereocenters. The zero-order valence-corrected chi connectivity index (χ0v) is 16.7. The van der Waals surface area contributed by atoms with Crippen molar-refractivity contribution in [1.82, 2.24) is 0 Å². The molecule has 0 atom stereocenters. The van der Waals surface area contributed by atoms with Gasteiger partial charge in [0.15, 0.2) is 17.3 Å². The van der Waals surface area contributed by atoms with Crippen LogP contribution < -0.4 is 14.2 Å². The Labute approximate surface area is 168 Å². The largest absolute Gasteiger partial charge is 0.486 e. The second kappa shape index (κ2) is 7.29. The highest BCUT2D eigenvalue weighted by Crippen LogP contribution is 2.37. The van der Waals surface area contributed by atoms with Gasteiger partial charge < -0.3 is 13.9 Å². The van der Waals surface area contributed by atoms with Gasteiger partial charge in [0, 0.05) is 6.07 Å². The Morgan fingerprint density at radius 3 is 2.21 bits per heavy atom. The van der Waals surface area contributed by atoms with Crippen molar-refractivity contribution in [3.05, 3.63) is 71.2 Å². The molecule has 7 nitrogen and oxygen atoms in total. The van der Waals surface area contributed by atoms with Crippen molar-refractivity contribution >= 4 is 21.5 Å². The molecule has 0 radical (unpaired) electrons. The lowest BCUT2D eigenvalue weighted by Crippen LogP contribution is -2.19. The molecular formula is C21H19NO6S. The van der Waals surface area contributed by atoms with Crippen LogP contribution in [0.5, 0.6) is 11.5 Å². The summed E-state index contributed by atoms with van der Waals surface area (Å²) in [5, 5.41) is 0. The lowest BCUT2D eigenvalue weighted by molar-refractivity contribution is 0.101. The summed E-state index contributed by atoms with van der Waals surface area (Å²) in [6.07, 6.45) is 0. The number of furan rings is 1. The summed E-state index contributed by atoms with van der Waals surface area (Å²) < 4.78 is 44.8. The number of carbonyl (C=O) groups is 1. The molecule has 0 fully saturated rings. The fourth-order valence-corrected chi connectivity index (χ4v) is 4.04. The van der Waals surface area contributed by atoms with E-state index in [9.17, 15) is 13.2 Å². The van der Waals surface area contributed by atoms with Crippen molar-refractivity contribution in [3.8, 4) is 11.5 Å². The van der Waals surface area contributed by atoms with Gasteiger partial charge in [0.05, 0.1) is 16.1 Å². The van der Waals surface area contributed by atoms with E-state index in [1.807, 2.05) is 6.92 Å². The second-order valence-electron chi connectivity index (χ2n) is 6.70. The molecule has 3 aromatic rings. The van der Waals surface area contributed by atoms with Gasteiger partial charge >= 0.3 is 0 Å². The molecule has 0 amide bonds. The van der Waals surface area contributed by atoms with Crippen LogP contribution in [0.2, 0.25) is 0 Å². The Morgan fingerprint density at radius 1 is 0.931 bits per heavy atom. The number of fused-ring (bicyclic) bond motifs is 1. The summed E-state index contributed by atoms with van der Waals surface area (Å²) in [5.41, 5.74) is 1.14. The average molecular weight is 413 g/mol. The monoisotopic (exact) mass is 413 g/mol. The topological polar surface area (TPSA) is 94.8 Å². The van der Waals surface area contributed by atoms with Crippen molar-refractivity contribution < 1.29 is 27.1 Å². The molecule has 0 aliphatic carbocycles.